The summed E-state index contributed by atoms with van der Waals surface area (Å²) in [5, 5.41) is 9.19. The average molecular weight is 364 g/mol. The molecule has 0 bridgehead atoms. The Morgan fingerprint density at radius 1 is 1.26 bits per heavy atom. The zero-order valence-electron chi connectivity index (χ0n) is 12.6. The number of thioether (sulfide) groups is 1. The number of benzene rings is 1. The smallest absolute Gasteiger partial charge is 0.191 e. The first-order valence-electron chi connectivity index (χ1n) is 6.93. The predicted molar refractivity (Wildman–Crippen MR) is 95.6 cm³/mol. The second-order valence-corrected chi connectivity index (χ2v) is 7.65. The number of rotatable bonds is 5. The van der Waals surface area contributed by atoms with Crippen molar-refractivity contribution in [2.45, 2.75) is 12.1 Å². The van der Waals surface area contributed by atoms with Gasteiger partial charge in [-0.3, -0.25) is 4.79 Å². The highest BCUT2D eigenvalue weighted by Crippen LogP contribution is 2.27. The van der Waals surface area contributed by atoms with E-state index < -0.39 is 0 Å². The second kappa shape index (κ2) is 6.86. The quantitative estimate of drug-likeness (QED) is 0.495. The molecule has 2 heterocycles. The van der Waals surface area contributed by atoms with Gasteiger partial charge in [-0.15, -0.1) is 21.5 Å². The number of aryl methyl sites for hydroxylation is 1. The van der Waals surface area contributed by atoms with Gasteiger partial charge in [0, 0.05) is 12.6 Å². The van der Waals surface area contributed by atoms with Crippen LogP contribution in [0.15, 0.2) is 41.6 Å². The van der Waals surface area contributed by atoms with Crippen LogP contribution in [-0.4, -0.2) is 26.3 Å². The van der Waals surface area contributed by atoms with Gasteiger partial charge in [0.2, 0.25) is 0 Å². The number of Topliss-reactive ketones (excluding diaryl/α,β-unsaturated/α-hetero) is 1. The fourth-order valence-electron chi connectivity index (χ4n) is 2.16. The summed E-state index contributed by atoms with van der Waals surface area (Å²) in [6.45, 7) is 2.04. The molecule has 0 fully saturated rings. The monoisotopic (exact) mass is 363 g/mol. The summed E-state index contributed by atoms with van der Waals surface area (Å²) in [7, 11) is 1.91. The fourth-order valence-corrected chi connectivity index (χ4v) is 4.03. The van der Waals surface area contributed by atoms with Crippen LogP contribution < -0.4 is 0 Å². The highest BCUT2D eigenvalue weighted by molar-refractivity contribution is 7.99. The Hall–Kier alpha value is -1.63. The standard InChI is InChI=1S/C16H14ClN3OS2/c1-10-5-3-4-6-11(10)15-18-19-16(20(15)2)22-9-12(21)13-7-8-14(17)23-13/h3-8H,9H2,1-2H3. The minimum atomic E-state index is 0.0485. The summed E-state index contributed by atoms with van der Waals surface area (Å²) in [6, 6.07) is 11.5. The maximum atomic E-state index is 12.1. The van der Waals surface area contributed by atoms with Crippen LogP contribution in [-0.2, 0) is 7.05 Å². The Bertz CT molecular complexity index is 857. The van der Waals surface area contributed by atoms with Crippen molar-refractivity contribution in [3.63, 3.8) is 0 Å². The summed E-state index contributed by atoms with van der Waals surface area (Å²) in [6.07, 6.45) is 0. The molecule has 0 aliphatic carbocycles. The van der Waals surface area contributed by atoms with E-state index in [-0.39, 0.29) is 5.78 Å². The maximum Gasteiger partial charge on any atom is 0.191 e. The van der Waals surface area contributed by atoms with E-state index in [1.807, 2.05) is 42.8 Å². The van der Waals surface area contributed by atoms with Crippen molar-refractivity contribution in [2.75, 3.05) is 5.75 Å². The first-order chi connectivity index (χ1) is 11.1. The lowest BCUT2D eigenvalue weighted by Crippen LogP contribution is -2.02. The number of carbonyl (C=O) groups is 1. The third-order valence-corrected chi connectivity index (χ3v) is 5.69. The normalized spacial score (nSPS) is 10.9. The Morgan fingerprint density at radius 3 is 2.74 bits per heavy atom. The molecule has 0 radical (unpaired) electrons. The Balaban J connectivity index is 1.75. The molecule has 0 atom stereocenters. The van der Waals surface area contributed by atoms with Crippen LogP contribution >= 0.6 is 34.7 Å². The fraction of sp³-hybridized carbons (Fsp3) is 0.188. The number of aromatic nitrogens is 3. The summed E-state index contributed by atoms with van der Waals surface area (Å²) in [4.78, 5) is 12.8. The van der Waals surface area contributed by atoms with E-state index in [0.717, 1.165) is 22.1 Å². The molecule has 0 saturated heterocycles. The molecule has 0 spiro atoms. The molecule has 2 aromatic heterocycles. The zero-order valence-corrected chi connectivity index (χ0v) is 15.0. The van der Waals surface area contributed by atoms with Crippen molar-refractivity contribution in [1.29, 1.82) is 0 Å². The highest BCUT2D eigenvalue weighted by atomic mass is 35.5. The van der Waals surface area contributed by atoms with E-state index in [1.54, 1.807) is 12.1 Å². The van der Waals surface area contributed by atoms with Crippen LogP contribution in [0.1, 0.15) is 15.2 Å². The van der Waals surface area contributed by atoms with Gasteiger partial charge in [-0.25, -0.2) is 0 Å². The zero-order chi connectivity index (χ0) is 16.4. The third kappa shape index (κ3) is 3.49. The molecule has 0 aliphatic rings. The largest absolute Gasteiger partial charge is 0.305 e. The molecule has 4 nitrogen and oxygen atoms in total. The minimum Gasteiger partial charge on any atom is -0.305 e. The topological polar surface area (TPSA) is 47.8 Å². The van der Waals surface area contributed by atoms with E-state index in [0.29, 0.717) is 15.0 Å². The number of carbonyl (C=O) groups excluding carboxylic acids is 1. The number of hydrogen-bond donors (Lipinski definition) is 0. The van der Waals surface area contributed by atoms with E-state index in [2.05, 4.69) is 10.2 Å². The molecule has 118 valence electrons. The summed E-state index contributed by atoms with van der Waals surface area (Å²) in [5.41, 5.74) is 2.19. The molecule has 0 unspecified atom stereocenters. The third-order valence-electron chi connectivity index (χ3n) is 3.40. The maximum absolute atomic E-state index is 12.1. The van der Waals surface area contributed by atoms with Gasteiger partial charge in [-0.1, -0.05) is 47.6 Å². The molecular formula is C16H14ClN3OS2. The van der Waals surface area contributed by atoms with Crippen molar-refractivity contribution in [3.05, 3.63) is 51.2 Å². The molecule has 7 heteroatoms. The average Bonchev–Trinajstić information content (AvgIpc) is 3.12. The van der Waals surface area contributed by atoms with Crippen LogP contribution in [0.4, 0.5) is 0 Å². The summed E-state index contributed by atoms with van der Waals surface area (Å²) in [5.74, 6) is 1.17. The number of halogens is 1. The Morgan fingerprint density at radius 2 is 2.04 bits per heavy atom. The first-order valence-corrected chi connectivity index (χ1v) is 9.11. The van der Waals surface area contributed by atoms with Crippen molar-refractivity contribution < 1.29 is 4.79 Å². The Labute approximate surface area is 147 Å². The van der Waals surface area contributed by atoms with Gasteiger partial charge in [0.25, 0.3) is 0 Å². The molecule has 0 amide bonds. The van der Waals surface area contributed by atoms with Crippen LogP contribution in [0.5, 0.6) is 0 Å². The van der Waals surface area contributed by atoms with Gasteiger partial charge in [-0.05, 0) is 24.6 Å². The minimum absolute atomic E-state index is 0.0485. The molecule has 3 aromatic rings. The van der Waals surface area contributed by atoms with E-state index >= 15 is 0 Å². The summed E-state index contributed by atoms with van der Waals surface area (Å²) >= 11 is 8.55. The van der Waals surface area contributed by atoms with E-state index in [1.165, 1.54) is 23.1 Å². The number of hydrogen-bond acceptors (Lipinski definition) is 5. The molecule has 0 aliphatic heterocycles. The van der Waals surface area contributed by atoms with Gasteiger partial charge in [0.15, 0.2) is 16.8 Å². The molecule has 23 heavy (non-hydrogen) atoms. The molecule has 1 aromatic carbocycles. The lowest BCUT2D eigenvalue weighted by Gasteiger charge is -2.05. The van der Waals surface area contributed by atoms with Crippen LogP contribution in [0.2, 0.25) is 4.34 Å². The lowest BCUT2D eigenvalue weighted by molar-refractivity contribution is 0.102. The van der Waals surface area contributed by atoms with Crippen LogP contribution in [0.3, 0.4) is 0 Å². The van der Waals surface area contributed by atoms with Crippen molar-refractivity contribution >= 4 is 40.5 Å². The first kappa shape index (κ1) is 16.2. The van der Waals surface area contributed by atoms with E-state index in [4.69, 9.17) is 11.6 Å². The van der Waals surface area contributed by atoms with Gasteiger partial charge in [0.05, 0.1) is 15.0 Å². The van der Waals surface area contributed by atoms with Crippen molar-refractivity contribution in [3.8, 4) is 11.4 Å². The molecular weight excluding hydrogens is 350 g/mol. The SMILES string of the molecule is Cc1ccccc1-c1nnc(SCC(=O)c2ccc(Cl)s2)n1C. The highest BCUT2D eigenvalue weighted by Gasteiger charge is 2.15. The van der Waals surface area contributed by atoms with Crippen LogP contribution in [0, 0.1) is 6.92 Å². The van der Waals surface area contributed by atoms with E-state index in [9.17, 15) is 4.79 Å². The molecule has 0 N–H and O–H groups in total. The Kier molecular flexibility index (Phi) is 4.84. The number of thiophene rings is 1. The van der Waals surface area contributed by atoms with Gasteiger partial charge in [0.1, 0.15) is 0 Å². The lowest BCUT2D eigenvalue weighted by atomic mass is 10.1. The van der Waals surface area contributed by atoms with Crippen molar-refractivity contribution in [2.24, 2.45) is 7.05 Å². The molecule has 3 rings (SSSR count). The van der Waals surface area contributed by atoms with Gasteiger partial charge in [-0.2, -0.15) is 0 Å². The second-order valence-electron chi connectivity index (χ2n) is 5.00. The predicted octanol–water partition coefficient (Wildman–Crippen LogP) is 4.48. The van der Waals surface area contributed by atoms with Gasteiger partial charge < -0.3 is 4.57 Å². The van der Waals surface area contributed by atoms with Crippen LogP contribution in [0.25, 0.3) is 11.4 Å². The summed E-state index contributed by atoms with van der Waals surface area (Å²) < 4.78 is 2.54. The number of nitrogens with zero attached hydrogens (tertiary/aromatic N) is 3. The van der Waals surface area contributed by atoms with Crippen molar-refractivity contribution in [1.82, 2.24) is 14.8 Å². The molecule has 0 saturated carbocycles. The van der Waals surface area contributed by atoms with Gasteiger partial charge >= 0.3 is 0 Å². The number of ketones is 1.